The number of hydrogen-bond donors (Lipinski definition) is 0. The van der Waals surface area contributed by atoms with Crippen LogP contribution in [-0.2, 0) is 9.53 Å². The minimum absolute atomic E-state index is 0.0485. The summed E-state index contributed by atoms with van der Waals surface area (Å²) >= 11 is 0. The van der Waals surface area contributed by atoms with Crippen molar-refractivity contribution in [2.75, 3.05) is 6.61 Å². The van der Waals surface area contributed by atoms with Crippen molar-refractivity contribution < 1.29 is 9.53 Å². The van der Waals surface area contributed by atoms with E-state index in [9.17, 15) is 4.79 Å². The van der Waals surface area contributed by atoms with Gasteiger partial charge in [-0.15, -0.1) is 0 Å². The summed E-state index contributed by atoms with van der Waals surface area (Å²) in [5, 5.41) is 0. The molecular formula is C32H64O2. The van der Waals surface area contributed by atoms with Crippen LogP contribution in [-0.4, -0.2) is 12.6 Å². The molecule has 34 heavy (non-hydrogen) atoms. The van der Waals surface area contributed by atoms with E-state index in [2.05, 4.69) is 27.7 Å². The number of unbranched alkanes of at least 4 members (excludes halogenated alkanes) is 18. The van der Waals surface area contributed by atoms with Crippen molar-refractivity contribution in [3.63, 3.8) is 0 Å². The number of ether oxygens (including phenoxy) is 1. The Kier molecular flexibility index (Phi) is 26.6. The lowest BCUT2D eigenvalue weighted by molar-refractivity contribution is -0.149. The first kappa shape index (κ1) is 33.5. The predicted molar refractivity (Wildman–Crippen MR) is 151 cm³/mol. The van der Waals surface area contributed by atoms with Gasteiger partial charge in [0.1, 0.15) is 0 Å². The first-order valence-corrected chi connectivity index (χ1v) is 15.8. The molecule has 0 aromatic carbocycles. The SMILES string of the molecule is CCCCCCCCCCC(CCCCCCCCCC)COC(=O)C(C)CCCCCCC. The molecule has 0 radical (unpaired) electrons. The molecule has 0 aliphatic rings. The van der Waals surface area contributed by atoms with E-state index in [1.165, 1.54) is 141 Å². The van der Waals surface area contributed by atoms with Gasteiger partial charge >= 0.3 is 5.97 Å². The fraction of sp³-hybridized carbons (Fsp3) is 0.969. The first-order valence-electron chi connectivity index (χ1n) is 15.8. The van der Waals surface area contributed by atoms with E-state index in [4.69, 9.17) is 4.74 Å². The number of carbonyl (C=O) groups is 1. The summed E-state index contributed by atoms with van der Waals surface area (Å²) in [7, 11) is 0. The first-order chi connectivity index (χ1) is 16.7. The van der Waals surface area contributed by atoms with Gasteiger partial charge in [-0.3, -0.25) is 4.79 Å². The van der Waals surface area contributed by atoms with Gasteiger partial charge in [0.05, 0.1) is 12.5 Å². The minimum atomic E-state index is 0.0485. The Morgan fingerprint density at radius 2 is 0.824 bits per heavy atom. The van der Waals surface area contributed by atoms with Crippen molar-refractivity contribution in [2.24, 2.45) is 11.8 Å². The van der Waals surface area contributed by atoms with Crippen LogP contribution in [0.3, 0.4) is 0 Å². The van der Waals surface area contributed by atoms with E-state index >= 15 is 0 Å². The molecule has 0 amide bonds. The smallest absolute Gasteiger partial charge is 0.308 e. The van der Waals surface area contributed by atoms with Crippen molar-refractivity contribution in [1.29, 1.82) is 0 Å². The van der Waals surface area contributed by atoms with E-state index in [-0.39, 0.29) is 11.9 Å². The maximum atomic E-state index is 12.5. The highest BCUT2D eigenvalue weighted by atomic mass is 16.5. The van der Waals surface area contributed by atoms with Crippen molar-refractivity contribution >= 4 is 5.97 Å². The second kappa shape index (κ2) is 27.1. The average molecular weight is 481 g/mol. The van der Waals surface area contributed by atoms with Crippen molar-refractivity contribution in [2.45, 2.75) is 182 Å². The summed E-state index contributed by atoms with van der Waals surface area (Å²) in [5.41, 5.74) is 0. The summed E-state index contributed by atoms with van der Waals surface area (Å²) in [6.07, 6.45) is 31.7. The molecule has 2 heteroatoms. The minimum Gasteiger partial charge on any atom is -0.465 e. The van der Waals surface area contributed by atoms with Gasteiger partial charge in [-0.1, -0.05) is 163 Å². The highest BCUT2D eigenvalue weighted by Crippen LogP contribution is 2.21. The second-order valence-corrected chi connectivity index (χ2v) is 11.1. The molecule has 0 spiro atoms. The Morgan fingerprint density at radius 3 is 1.21 bits per heavy atom. The Labute approximate surface area is 215 Å². The largest absolute Gasteiger partial charge is 0.465 e. The van der Waals surface area contributed by atoms with E-state index in [0.717, 1.165) is 12.8 Å². The lowest BCUT2D eigenvalue weighted by atomic mass is 9.94. The molecule has 1 atom stereocenters. The molecule has 0 aromatic heterocycles. The van der Waals surface area contributed by atoms with Crippen molar-refractivity contribution in [3.05, 3.63) is 0 Å². The van der Waals surface area contributed by atoms with E-state index in [1.54, 1.807) is 0 Å². The molecule has 0 aliphatic carbocycles. The fourth-order valence-corrected chi connectivity index (χ4v) is 4.96. The Hall–Kier alpha value is -0.530. The summed E-state index contributed by atoms with van der Waals surface area (Å²) in [6.45, 7) is 9.54. The number of hydrogen-bond acceptors (Lipinski definition) is 2. The number of carbonyl (C=O) groups excluding carboxylic acids is 1. The van der Waals surface area contributed by atoms with Crippen LogP contribution in [0.4, 0.5) is 0 Å². The third-order valence-corrected chi connectivity index (χ3v) is 7.54. The van der Waals surface area contributed by atoms with Gasteiger partial charge in [0.2, 0.25) is 0 Å². The van der Waals surface area contributed by atoms with Crippen LogP contribution in [0.1, 0.15) is 182 Å². The van der Waals surface area contributed by atoms with E-state index in [0.29, 0.717) is 12.5 Å². The number of rotatable bonds is 27. The van der Waals surface area contributed by atoms with Crippen molar-refractivity contribution in [3.8, 4) is 0 Å². The van der Waals surface area contributed by atoms with Crippen LogP contribution in [0, 0.1) is 11.8 Å². The van der Waals surface area contributed by atoms with Crippen molar-refractivity contribution in [1.82, 2.24) is 0 Å². The topological polar surface area (TPSA) is 26.3 Å². The van der Waals surface area contributed by atoms with Crippen LogP contribution >= 0.6 is 0 Å². The van der Waals surface area contributed by atoms with Crippen LogP contribution in [0.5, 0.6) is 0 Å². The molecule has 0 aliphatic heterocycles. The standard InChI is InChI=1S/C32H64O2/c1-5-8-11-14-16-18-21-24-27-31(28-25-22-19-17-15-12-9-6-2)29-34-32(33)30(4)26-23-20-13-10-7-3/h30-31H,5-29H2,1-4H3. The molecule has 0 bridgehead atoms. The third-order valence-electron chi connectivity index (χ3n) is 7.54. The second-order valence-electron chi connectivity index (χ2n) is 11.1. The summed E-state index contributed by atoms with van der Waals surface area (Å²) < 4.78 is 5.85. The third kappa shape index (κ3) is 23.2. The van der Waals surface area contributed by atoms with Gasteiger partial charge in [-0.25, -0.2) is 0 Å². The lowest BCUT2D eigenvalue weighted by Gasteiger charge is -2.19. The van der Waals surface area contributed by atoms with Gasteiger partial charge < -0.3 is 4.74 Å². The summed E-state index contributed by atoms with van der Waals surface area (Å²) in [4.78, 5) is 12.5. The van der Waals surface area contributed by atoms with Crippen LogP contribution < -0.4 is 0 Å². The molecular weight excluding hydrogens is 416 g/mol. The lowest BCUT2D eigenvalue weighted by Crippen LogP contribution is -2.20. The highest BCUT2D eigenvalue weighted by Gasteiger charge is 2.17. The maximum absolute atomic E-state index is 12.5. The maximum Gasteiger partial charge on any atom is 0.308 e. The van der Waals surface area contributed by atoms with Crippen LogP contribution in [0.15, 0.2) is 0 Å². The zero-order valence-corrected chi connectivity index (χ0v) is 24.1. The molecule has 0 N–H and O–H groups in total. The van der Waals surface area contributed by atoms with Gasteiger partial charge in [0, 0.05) is 0 Å². The van der Waals surface area contributed by atoms with Gasteiger partial charge in [0.25, 0.3) is 0 Å². The van der Waals surface area contributed by atoms with E-state index in [1.807, 2.05) is 0 Å². The molecule has 204 valence electrons. The predicted octanol–water partition coefficient (Wildman–Crippen LogP) is 11.2. The Morgan fingerprint density at radius 1 is 0.500 bits per heavy atom. The molecule has 0 saturated carbocycles. The molecule has 0 heterocycles. The average Bonchev–Trinajstić information content (AvgIpc) is 2.84. The monoisotopic (exact) mass is 480 g/mol. The van der Waals surface area contributed by atoms with Gasteiger partial charge in [-0.2, -0.15) is 0 Å². The van der Waals surface area contributed by atoms with Gasteiger partial charge in [-0.05, 0) is 25.2 Å². The Balaban J connectivity index is 4.16. The number of esters is 1. The normalized spacial score (nSPS) is 12.4. The molecule has 0 aromatic rings. The van der Waals surface area contributed by atoms with E-state index < -0.39 is 0 Å². The summed E-state index contributed by atoms with van der Waals surface area (Å²) in [5.74, 6) is 0.682. The molecule has 1 unspecified atom stereocenters. The van der Waals surface area contributed by atoms with Crippen LogP contribution in [0.2, 0.25) is 0 Å². The summed E-state index contributed by atoms with van der Waals surface area (Å²) in [6, 6.07) is 0. The quantitative estimate of drug-likeness (QED) is 0.0862. The molecule has 0 saturated heterocycles. The Bertz CT molecular complexity index is 386. The highest BCUT2D eigenvalue weighted by molar-refractivity contribution is 5.71. The zero-order valence-electron chi connectivity index (χ0n) is 24.1. The molecule has 2 nitrogen and oxygen atoms in total. The molecule has 0 fully saturated rings. The van der Waals surface area contributed by atoms with Gasteiger partial charge in [0.15, 0.2) is 0 Å². The van der Waals surface area contributed by atoms with Crippen LogP contribution in [0.25, 0.3) is 0 Å². The fourth-order valence-electron chi connectivity index (χ4n) is 4.96. The zero-order chi connectivity index (χ0) is 25.1. The molecule has 0 rings (SSSR count).